The average molecular weight is 222 g/mol. The molecule has 0 aromatic heterocycles. The average Bonchev–Trinajstić information content (AvgIpc) is 2.21. The Balaban J connectivity index is 2.85. The van der Waals surface area contributed by atoms with Gasteiger partial charge in [-0.05, 0) is 25.8 Å². The van der Waals surface area contributed by atoms with Crippen molar-refractivity contribution in [2.24, 2.45) is 0 Å². The predicted molar refractivity (Wildman–Crippen MR) is 65.8 cm³/mol. The van der Waals surface area contributed by atoms with Crippen LogP contribution in [0.5, 0.6) is 0 Å². The monoisotopic (exact) mass is 222 g/mol. The second-order valence-corrected chi connectivity index (χ2v) is 4.09. The van der Waals surface area contributed by atoms with E-state index in [4.69, 9.17) is 0 Å². The fraction of sp³-hybridized carbons (Fsp3) is 0.500. The second kappa shape index (κ2) is 5.49. The van der Waals surface area contributed by atoms with E-state index in [0.29, 0.717) is 6.04 Å². The number of benzene rings is 1. The van der Waals surface area contributed by atoms with Gasteiger partial charge in [-0.3, -0.25) is 10.1 Å². The maximum absolute atomic E-state index is 10.7. The highest BCUT2D eigenvalue weighted by atomic mass is 16.6. The van der Waals surface area contributed by atoms with Gasteiger partial charge in [-0.2, -0.15) is 0 Å². The summed E-state index contributed by atoms with van der Waals surface area (Å²) in [5.41, 5.74) is 2.03. The number of nitrogens with one attached hydrogen (secondary N) is 1. The molecule has 1 rings (SSSR count). The zero-order chi connectivity index (χ0) is 12.1. The summed E-state index contributed by atoms with van der Waals surface area (Å²) in [6.07, 6.45) is 2.16. The lowest BCUT2D eigenvalue weighted by Crippen LogP contribution is -2.15. The first kappa shape index (κ1) is 12.5. The first-order valence-corrected chi connectivity index (χ1v) is 5.56. The van der Waals surface area contributed by atoms with Gasteiger partial charge in [0.2, 0.25) is 0 Å². The Labute approximate surface area is 95.8 Å². The Morgan fingerprint density at radius 1 is 1.50 bits per heavy atom. The van der Waals surface area contributed by atoms with E-state index in [2.05, 4.69) is 19.2 Å². The van der Waals surface area contributed by atoms with E-state index < -0.39 is 0 Å². The van der Waals surface area contributed by atoms with Gasteiger partial charge in [0, 0.05) is 23.9 Å². The smallest absolute Gasteiger partial charge is 0.271 e. The van der Waals surface area contributed by atoms with E-state index in [-0.39, 0.29) is 10.6 Å². The molecule has 1 aromatic carbocycles. The zero-order valence-electron chi connectivity index (χ0n) is 9.99. The van der Waals surface area contributed by atoms with Gasteiger partial charge in [0.05, 0.1) is 4.92 Å². The first-order chi connectivity index (χ1) is 7.54. The fourth-order valence-electron chi connectivity index (χ4n) is 1.65. The Morgan fingerprint density at radius 2 is 2.19 bits per heavy atom. The van der Waals surface area contributed by atoms with Crippen molar-refractivity contribution in [1.29, 1.82) is 0 Å². The molecule has 0 heterocycles. The molecule has 4 nitrogen and oxygen atoms in total. The van der Waals surface area contributed by atoms with Gasteiger partial charge >= 0.3 is 0 Å². The van der Waals surface area contributed by atoms with Crippen LogP contribution in [0.4, 0.5) is 11.4 Å². The maximum atomic E-state index is 10.7. The Bertz CT molecular complexity index is 377. The van der Waals surface area contributed by atoms with Crippen LogP contribution in [0.2, 0.25) is 0 Å². The highest BCUT2D eigenvalue weighted by Gasteiger charge is 2.09. The Kier molecular flexibility index (Phi) is 4.28. The van der Waals surface area contributed by atoms with E-state index in [1.54, 1.807) is 12.1 Å². The molecular formula is C12H18N2O2. The van der Waals surface area contributed by atoms with Crippen LogP contribution in [0.3, 0.4) is 0 Å². The molecule has 0 fully saturated rings. The molecule has 1 N–H and O–H groups in total. The molecule has 0 saturated heterocycles. The van der Waals surface area contributed by atoms with Gasteiger partial charge in [0.15, 0.2) is 0 Å². The highest BCUT2D eigenvalue weighted by molar-refractivity contribution is 5.57. The van der Waals surface area contributed by atoms with E-state index in [1.807, 2.05) is 6.92 Å². The van der Waals surface area contributed by atoms with Crippen LogP contribution in [-0.2, 0) is 0 Å². The summed E-state index contributed by atoms with van der Waals surface area (Å²) in [4.78, 5) is 10.3. The molecule has 0 aliphatic rings. The number of anilines is 1. The minimum atomic E-state index is -0.366. The van der Waals surface area contributed by atoms with Crippen LogP contribution in [0.25, 0.3) is 0 Å². The van der Waals surface area contributed by atoms with Gasteiger partial charge in [-0.15, -0.1) is 0 Å². The molecule has 0 bridgehead atoms. The van der Waals surface area contributed by atoms with Gasteiger partial charge in [0.1, 0.15) is 0 Å². The van der Waals surface area contributed by atoms with E-state index >= 15 is 0 Å². The van der Waals surface area contributed by atoms with Crippen LogP contribution < -0.4 is 5.32 Å². The predicted octanol–water partition coefficient (Wildman–Crippen LogP) is 3.50. The maximum Gasteiger partial charge on any atom is 0.271 e. The Morgan fingerprint density at radius 3 is 2.75 bits per heavy atom. The number of nitro benzene ring substituents is 1. The van der Waals surface area contributed by atoms with Gasteiger partial charge in [-0.1, -0.05) is 19.4 Å². The van der Waals surface area contributed by atoms with Crippen LogP contribution in [0, 0.1) is 17.0 Å². The second-order valence-electron chi connectivity index (χ2n) is 4.09. The molecule has 0 saturated carbocycles. The number of hydrogen-bond donors (Lipinski definition) is 1. The van der Waals surface area contributed by atoms with Crippen LogP contribution >= 0.6 is 0 Å². The molecule has 1 aromatic rings. The van der Waals surface area contributed by atoms with Crippen molar-refractivity contribution in [3.63, 3.8) is 0 Å². The van der Waals surface area contributed by atoms with E-state index in [9.17, 15) is 10.1 Å². The number of nitrogens with zero attached hydrogens (tertiary/aromatic N) is 1. The van der Waals surface area contributed by atoms with Gasteiger partial charge in [0.25, 0.3) is 5.69 Å². The highest BCUT2D eigenvalue weighted by Crippen LogP contribution is 2.22. The minimum absolute atomic E-state index is 0.136. The lowest BCUT2D eigenvalue weighted by molar-refractivity contribution is -0.384. The summed E-state index contributed by atoms with van der Waals surface area (Å²) >= 11 is 0. The fourth-order valence-corrected chi connectivity index (χ4v) is 1.65. The molecule has 1 unspecified atom stereocenters. The number of rotatable bonds is 5. The topological polar surface area (TPSA) is 55.2 Å². The minimum Gasteiger partial charge on any atom is -0.382 e. The Hall–Kier alpha value is -1.58. The molecule has 16 heavy (non-hydrogen) atoms. The summed E-state index contributed by atoms with van der Waals surface area (Å²) < 4.78 is 0. The van der Waals surface area contributed by atoms with Crippen LogP contribution in [0.1, 0.15) is 32.3 Å². The third-order valence-corrected chi connectivity index (χ3v) is 2.56. The van der Waals surface area contributed by atoms with Crippen LogP contribution in [-0.4, -0.2) is 11.0 Å². The molecule has 0 aliphatic carbocycles. The number of nitro groups is 1. The summed E-state index contributed by atoms with van der Waals surface area (Å²) in [5, 5.41) is 14.0. The van der Waals surface area contributed by atoms with Crippen molar-refractivity contribution in [2.45, 2.75) is 39.7 Å². The normalized spacial score (nSPS) is 12.2. The molecular weight excluding hydrogens is 204 g/mol. The van der Waals surface area contributed by atoms with Crippen molar-refractivity contribution < 1.29 is 4.92 Å². The lowest BCUT2D eigenvalue weighted by atomic mass is 10.1. The van der Waals surface area contributed by atoms with E-state index in [1.165, 1.54) is 6.07 Å². The van der Waals surface area contributed by atoms with Crippen LogP contribution in [0.15, 0.2) is 18.2 Å². The third kappa shape index (κ3) is 3.22. The third-order valence-electron chi connectivity index (χ3n) is 2.56. The SMILES string of the molecule is CCCC(C)Nc1cc([N+](=O)[O-])ccc1C. The summed E-state index contributed by atoms with van der Waals surface area (Å²) in [6.45, 7) is 6.16. The van der Waals surface area contributed by atoms with Crippen molar-refractivity contribution in [3.05, 3.63) is 33.9 Å². The van der Waals surface area contributed by atoms with Crippen molar-refractivity contribution in [2.75, 3.05) is 5.32 Å². The molecule has 0 amide bonds. The summed E-state index contributed by atoms with van der Waals surface area (Å²) in [5.74, 6) is 0. The molecule has 0 radical (unpaired) electrons. The van der Waals surface area contributed by atoms with Gasteiger partial charge < -0.3 is 5.32 Å². The van der Waals surface area contributed by atoms with Crippen molar-refractivity contribution >= 4 is 11.4 Å². The number of hydrogen-bond acceptors (Lipinski definition) is 3. The van der Waals surface area contributed by atoms with Crippen molar-refractivity contribution in [3.8, 4) is 0 Å². The molecule has 0 spiro atoms. The quantitative estimate of drug-likeness (QED) is 0.612. The molecule has 0 aliphatic heterocycles. The first-order valence-electron chi connectivity index (χ1n) is 5.56. The van der Waals surface area contributed by atoms with Crippen molar-refractivity contribution in [1.82, 2.24) is 0 Å². The summed E-state index contributed by atoms with van der Waals surface area (Å²) in [6, 6.07) is 5.25. The lowest BCUT2D eigenvalue weighted by Gasteiger charge is -2.15. The molecule has 4 heteroatoms. The summed E-state index contributed by atoms with van der Waals surface area (Å²) in [7, 11) is 0. The zero-order valence-corrected chi connectivity index (χ0v) is 9.99. The number of aryl methyl sites for hydroxylation is 1. The standard InChI is InChI=1S/C12H18N2O2/c1-4-5-10(3)13-12-8-11(14(15)16)7-6-9(12)2/h6-8,10,13H,4-5H2,1-3H3. The largest absolute Gasteiger partial charge is 0.382 e. The molecule has 88 valence electrons. The van der Waals surface area contributed by atoms with E-state index in [0.717, 1.165) is 24.1 Å². The number of non-ortho nitro benzene ring substituents is 1. The van der Waals surface area contributed by atoms with Gasteiger partial charge in [-0.25, -0.2) is 0 Å². The molecule has 1 atom stereocenters.